The van der Waals surface area contributed by atoms with Gasteiger partial charge in [0.2, 0.25) is 11.8 Å². The van der Waals surface area contributed by atoms with Crippen molar-refractivity contribution in [3.8, 4) is 0 Å². The van der Waals surface area contributed by atoms with Gasteiger partial charge in [0.05, 0.1) is 0 Å². The smallest absolute Gasteiger partial charge is 0.245 e. The van der Waals surface area contributed by atoms with Gasteiger partial charge in [0.15, 0.2) is 0 Å². The quantitative estimate of drug-likeness (QED) is 0.703. The lowest BCUT2D eigenvalue weighted by atomic mass is 9.90. The molecule has 5 nitrogen and oxygen atoms in total. The monoisotopic (exact) mass is 239 g/mol. The van der Waals surface area contributed by atoms with Crippen LogP contribution in [0, 0.1) is 5.92 Å². The summed E-state index contributed by atoms with van der Waals surface area (Å²) in [5.41, 5.74) is 5.87. The van der Waals surface area contributed by atoms with Gasteiger partial charge in [-0.05, 0) is 32.1 Å². The summed E-state index contributed by atoms with van der Waals surface area (Å²) in [5, 5.41) is 2.73. The first-order valence-corrected chi connectivity index (χ1v) is 6.41. The standard InChI is InChI=1S/C12H21N3O2/c1-8(13)9-4-6-15(7-5-9)12(17)10-2-3-11(16)14-10/h8-10H,2-7,13H2,1H3,(H,14,16). The highest BCUT2D eigenvalue weighted by Crippen LogP contribution is 2.21. The van der Waals surface area contributed by atoms with E-state index in [9.17, 15) is 9.59 Å². The van der Waals surface area contributed by atoms with E-state index in [1.165, 1.54) is 0 Å². The van der Waals surface area contributed by atoms with E-state index < -0.39 is 0 Å². The Morgan fingerprint density at radius 3 is 2.53 bits per heavy atom. The van der Waals surface area contributed by atoms with Gasteiger partial charge in [0, 0.05) is 25.6 Å². The predicted octanol–water partition coefficient (Wildman–Crippen LogP) is -0.149. The Morgan fingerprint density at radius 1 is 1.41 bits per heavy atom. The van der Waals surface area contributed by atoms with Crippen molar-refractivity contribution in [3.63, 3.8) is 0 Å². The van der Waals surface area contributed by atoms with Crippen molar-refractivity contribution < 1.29 is 9.59 Å². The summed E-state index contributed by atoms with van der Waals surface area (Å²) in [6.45, 7) is 3.58. The molecule has 2 amide bonds. The summed E-state index contributed by atoms with van der Waals surface area (Å²) >= 11 is 0. The first-order valence-electron chi connectivity index (χ1n) is 6.41. The summed E-state index contributed by atoms with van der Waals surface area (Å²) in [6, 6.07) is -0.0761. The van der Waals surface area contributed by atoms with E-state index in [2.05, 4.69) is 5.32 Å². The van der Waals surface area contributed by atoms with Gasteiger partial charge in [-0.1, -0.05) is 0 Å². The first kappa shape index (κ1) is 12.4. The second-order valence-electron chi connectivity index (χ2n) is 5.18. The summed E-state index contributed by atoms with van der Waals surface area (Å²) in [5.74, 6) is 0.602. The third kappa shape index (κ3) is 2.77. The van der Waals surface area contributed by atoms with Crippen molar-refractivity contribution >= 4 is 11.8 Å². The predicted molar refractivity (Wildman–Crippen MR) is 64.1 cm³/mol. The highest BCUT2D eigenvalue weighted by atomic mass is 16.2. The zero-order valence-corrected chi connectivity index (χ0v) is 10.3. The topological polar surface area (TPSA) is 75.4 Å². The zero-order valence-electron chi connectivity index (χ0n) is 10.3. The van der Waals surface area contributed by atoms with Crippen molar-refractivity contribution in [2.75, 3.05) is 13.1 Å². The second-order valence-corrected chi connectivity index (χ2v) is 5.18. The molecule has 2 rings (SSSR count). The Labute approximate surface area is 102 Å². The van der Waals surface area contributed by atoms with E-state index in [1.807, 2.05) is 11.8 Å². The Balaban J connectivity index is 1.84. The Hall–Kier alpha value is -1.10. The van der Waals surface area contributed by atoms with Gasteiger partial charge in [-0.25, -0.2) is 0 Å². The molecule has 0 spiro atoms. The van der Waals surface area contributed by atoms with E-state index in [4.69, 9.17) is 5.73 Å². The number of carbonyl (C=O) groups excluding carboxylic acids is 2. The first-order chi connectivity index (χ1) is 8.08. The SMILES string of the molecule is CC(N)C1CCN(C(=O)C2CCC(=O)N2)CC1. The van der Waals surface area contributed by atoms with E-state index in [0.29, 0.717) is 18.8 Å². The number of carbonyl (C=O) groups is 2. The maximum atomic E-state index is 12.1. The number of nitrogens with one attached hydrogen (secondary N) is 1. The Bertz CT molecular complexity index is 309. The third-order valence-electron chi connectivity index (χ3n) is 3.89. The van der Waals surface area contributed by atoms with E-state index >= 15 is 0 Å². The molecule has 2 atom stereocenters. The molecule has 2 unspecified atom stereocenters. The molecule has 17 heavy (non-hydrogen) atoms. The van der Waals surface area contributed by atoms with Gasteiger partial charge in [0.1, 0.15) is 6.04 Å². The van der Waals surface area contributed by atoms with Gasteiger partial charge in [-0.15, -0.1) is 0 Å². The minimum atomic E-state index is -0.283. The molecular formula is C12H21N3O2. The summed E-state index contributed by atoms with van der Waals surface area (Å²) < 4.78 is 0. The number of hydrogen-bond acceptors (Lipinski definition) is 3. The second kappa shape index (κ2) is 5.04. The molecule has 0 aromatic rings. The molecule has 0 bridgehead atoms. The molecule has 2 saturated heterocycles. The van der Waals surface area contributed by atoms with Gasteiger partial charge >= 0.3 is 0 Å². The minimum Gasteiger partial charge on any atom is -0.344 e. The normalized spacial score (nSPS) is 28.0. The molecule has 3 N–H and O–H groups in total. The fourth-order valence-corrected chi connectivity index (χ4v) is 2.67. The molecule has 2 fully saturated rings. The molecule has 2 aliphatic heterocycles. The lowest BCUT2D eigenvalue weighted by molar-refractivity contribution is -0.135. The maximum Gasteiger partial charge on any atom is 0.245 e. The van der Waals surface area contributed by atoms with Crippen LogP contribution in [-0.4, -0.2) is 41.9 Å². The van der Waals surface area contributed by atoms with Crippen LogP contribution in [0.2, 0.25) is 0 Å². The van der Waals surface area contributed by atoms with Crippen LogP contribution in [0.5, 0.6) is 0 Å². The number of nitrogens with zero attached hydrogens (tertiary/aromatic N) is 1. The van der Waals surface area contributed by atoms with Crippen LogP contribution >= 0.6 is 0 Å². The third-order valence-corrected chi connectivity index (χ3v) is 3.89. The molecule has 0 aliphatic carbocycles. The molecular weight excluding hydrogens is 218 g/mol. The molecule has 2 aliphatic rings. The van der Waals surface area contributed by atoms with Gasteiger partial charge in [-0.3, -0.25) is 9.59 Å². The number of rotatable bonds is 2. The largest absolute Gasteiger partial charge is 0.344 e. The summed E-state index contributed by atoms with van der Waals surface area (Å²) in [7, 11) is 0. The summed E-state index contributed by atoms with van der Waals surface area (Å²) in [4.78, 5) is 25.1. The van der Waals surface area contributed by atoms with Crippen molar-refractivity contribution in [2.45, 2.75) is 44.7 Å². The fraction of sp³-hybridized carbons (Fsp3) is 0.833. The lowest BCUT2D eigenvalue weighted by Crippen LogP contribution is -2.49. The van der Waals surface area contributed by atoms with Crippen LogP contribution in [0.1, 0.15) is 32.6 Å². The fourth-order valence-electron chi connectivity index (χ4n) is 2.67. The van der Waals surface area contributed by atoms with Crippen LogP contribution in [0.3, 0.4) is 0 Å². The van der Waals surface area contributed by atoms with Gasteiger partial charge < -0.3 is 16.0 Å². The van der Waals surface area contributed by atoms with Crippen LogP contribution in [0.15, 0.2) is 0 Å². The molecule has 5 heteroatoms. The van der Waals surface area contributed by atoms with E-state index in [-0.39, 0.29) is 23.9 Å². The highest BCUT2D eigenvalue weighted by Gasteiger charge is 2.33. The van der Waals surface area contributed by atoms with Crippen molar-refractivity contribution in [3.05, 3.63) is 0 Å². The molecule has 2 heterocycles. The number of nitrogens with two attached hydrogens (primary N) is 1. The van der Waals surface area contributed by atoms with Crippen molar-refractivity contribution in [2.24, 2.45) is 11.7 Å². The molecule has 0 radical (unpaired) electrons. The van der Waals surface area contributed by atoms with E-state index in [0.717, 1.165) is 25.9 Å². The number of likely N-dealkylation sites (tertiary alicyclic amines) is 1. The minimum absolute atomic E-state index is 0.00573. The molecule has 96 valence electrons. The Kier molecular flexibility index (Phi) is 3.66. The Morgan fingerprint density at radius 2 is 2.06 bits per heavy atom. The lowest BCUT2D eigenvalue weighted by Gasteiger charge is -2.34. The van der Waals surface area contributed by atoms with Crippen LogP contribution in [-0.2, 0) is 9.59 Å². The molecule has 0 saturated carbocycles. The van der Waals surface area contributed by atoms with Crippen molar-refractivity contribution in [1.82, 2.24) is 10.2 Å². The van der Waals surface area contributed by atoms with Crippen LogP contribution in [0.4, 0.5) is 0 Å². The van der Waals surface area contributed by atoms with Crippen LogP contribution < -0.4 is 11.1 Å². The maximum absolute atomic E-state index is 12.1. The number of hydrogen-bond donors (Lipinski definition) is 2. The molecule has 0 aromatic carbocycles. The zero-order chi connectivity index (χ0) is 12.4. The van der Waals surface area contributed by atoms with Crippen molar-refractivity contribution in [1.29, 1.82) is 0 Å². The summed E-state index contributed by atoms with van der Waals surface area (Å²) in [6.07, 6.45) is 3.08. The molecule has 0 aromatic heterocycles. The average Bonchev–Trinajstić information content (AvgIpc) is 2.75. The van der Waals surface area contributed by atoms with E-state index in [1.54, 1.807) is 0 Å². The number of piperidine rings is 1. The van der Waals surface area contributed by atoms with Gasteiger partial charge in [0.25, 0.3) is 0 Å². The van der Waals surface area contributed by atoms with Gasteiger partial charge in [-0.2, -0.15) is 0 Å². The highest BCUT2D eigenvalue weighted by molar-refractivity contribution is 5.90. The number of amides is 2. The van der Waals surface area contributed by atoms with Crippen LogP contribution in [0.25, 0.3) is 0 Å². The average molecular weight is 239 g/mol.